The van der Waals surface area contributed by atoms with Gasteiger partial charge in [0.05, 0.1) is 5.69 Å². The van der Waals surface area contributed by atoms with Crippen molar-refractivity contribution < 1.29 is 13.8 Å². The number of nitrogens with zero attached hydrogens (tertiary/aromatic N) is 3. The third kappa shape index (κ3) is 3.40. The zero-order valence-electron chi connectivity index (χ0n) is 12.4. The Morgan fingerprint density at radius 3 is 2.48 bits per heavy atom. The number of nitrogens with one attached hydrogen (secondary N) is 1. The topological polar surface area (TPSA) is 94.1 Å². The molecule has 0 fully saturated rings. The Hall–Kier alpha value is -2.67. The Balaban J connectivity index is 1.92. The highest BCUT2D eigenvalue weighted by Crippen LogP contribution is 2.22. The van der Waals surface area contributed by atoms with E-state index in [1.165, 1.54) is 0 Å². The molecule has 0 aliphatic heterocycles. The molecule has 0 spiro atoms. The average molecular weight is 333 g/mol. The summed E-state index contributed by atoms with van der Waals surface area (Å²) in [5, 5.41) is 11.0. The molecule has 0 aliphatic carbocycles. The van der Waals surface area contributed by atoms with Gasteiger partial charge in [-0.2, -0.15) is 4.98 Å². The number of amides is 1. The zero-order chi connectivity index (χ0) is 16.4. The number of carbonyl (C=O) groups excluding carboxylic acids is 1. The first-order valence-corrected chi connectivity index (χ1v) is 7.20. The molecule has 118 valence electrons. The molecule has 8 heteroatoms. The van der Waals surface area contributed by atoms with Gasteiger partial charge in [0.25, 0.3) is 5.91 Å². The SMILES string of the molecule is Cc1cc(C(=O)NC(c2ccc(Cl)cc2)c2noc(C)n2)on1. The van der Waals surface area contributed by atoms with Crippen LogP contribution in [0, 0.1) is 13.8 Å². The first kappa shape index (κ1) is 15.2. The number of aryl methyl sites for hydroxylation is 2. The van der Waals surface area contributed by atoms with E-state index in [1.54, 1.807) is 44.2 Å². The number of hydrogen-bond acceptors (Lipinski definition) is 6. The minimum atomic E-state index is -0.595. The van der Waals surface area contributed by atoms with Crippen LogP contribution in [-0.4, -0.2) is 21.2 Å². The van der Waals surface area contributed by atoms with Crippen LogP contribution in [0.5, 0.6) is 0 Å². The maximum atomic E-state index is 12.3. The second-order valence-corrected chi connectivity index (χ2v) is 5.40. The Morgan fingerprint density at radius 2 is 1.91 bits per heavy atom. The molecule has 2 aromatic heterocycles. The fourth-order valence-electron chi connectivity index (χ4n) is 2.06. The van der Waals surface area contributed by atoms with Gasteiger partial charge in [-0.1, -0.05) is 34.0 Å². The number of halogens is 1. The van der Waals surface area contributed by atoms with E-state index in [0.717, 1.165) is 5.56 Å². The van der Waals surface area contributed by atoms with Crippen LogP contribution in [0.15, 0.2) is 39.4 Å². The lowest BCUT2D eigenvalue weighted by atomic mass is 10.1. The molecule has 2 heterocycles. The van der Waals surface area contributed by atoms with Crippen molar-refractivity contribution in [1.29, 1.82) is 0 Å². The minimum Gasteiger partial charge on any atom is -0.351 e. The first-order chi connectivity index (χ1) is 11.0. The fourth-order valence-corrected chi connectivity index (χ4v) is 2.18. The molecule has 0 saturated carbocycles. The molecule has 3 aromatic rings. The van der Waals surface area contributed by atoms with Crippen molar-refractivity contribution in [2.75, 3.05) is 0 Å². The van der Waals surface area contributed by atoms with Crippen LogP contribution in [0.25, 0.3) is 0 Å². The Bertz CT molecular complexity index is 825. The Labute approximate surface area is 136 Å². The van der Waals surface area contributed by atoms with E-state index >= 15 is 0 Å². The van der Waals surface area contributed by atoms with Crippen molar-refractivity contribution in [1.82, 2.24) is 20.6 Å². The zero-order valence-corrected chi connectivity index (χ0v) is 13.2. The minimum absolute atomic E-state index is 0.113. The maximum Gasteiger partial charge on any atom is 0.290 e. The summed E-state index contributed by atoms with van der Waals surface area (Å²) in [6.07, 6.45) is 0. The van der Waals surface area contributed by atoms with Crippen molar-refractivity contribution in [3.05, 3.63) is 64.1 Å². The van der Waals surface area contributed by atoms with E-state index in [-0.39, 0.29) is 5.76 Å². The highest BCUT2D eigenvalue weighted by molar-refractivity contribution is 6.30. The monoisotopic (exact) mass is 332 g/mol. The Morgan fingerprint density at radius 1 is 1.17 bits per heavy atom. The maximum absolute atomic E-state index is 12.3. The van der Waals surface area contributed by atoms with E-state index in [2.05, 4.69) is 20.6 Å². The molecule has 0 saturated heterocycles. The van der Waals surface area contributed by atoms with E-state index in [4.69, 9.17) is 20.6 Å². The van der Waals surface area contributed by atoms with Gasteiger partial charge in [0.1, 0.15) is 6.04 Å². The molecule has 1 unspecified atom stereocenters. The van der Waals surface area contributed by atoms with Crippen molar-refractivity contribution in [2.45, 2.75) is 19.9 Å². The van der Waals surface area contributed by atoms with Crippen LogP contribution < -0.4 is 5.32 Å². The summed E-state index contributed by atoms with van der Waals surface area (Å²) in [4.78, 5) is 16.5. The van der Waals surface area contributed by atoms with Crippen LogP contribution >= 0.6 is 11.6 Å². The number of rotatable bonds is 4. The van der Waals surface area contributed by atoms with E-state index in [0.29, 0.717) is 22.4 Å². The van der Waals surface area contributed by atoms with Crippen molar-refractivity contribution >= 4 is 17.5 Å². The van der Waals surface area contributed by atoms with E-state index < -0.39 is 11.9 Å². The third-order valence-corrected chi connectivity index (χ3v) is 3.38. The molecule has 0 bridgehead atoms. The molecule has 7 nitrogen and oxygen atoms in total. The molecule has 1 aromatic carbocycles. The number of hydrogen-bond donors (Lipinski definition) is 1. The van der Waals surface area contributed by atoms with Gasteiger partial charge in [-0.25, -0.2) is 0 Å². The molecule has 0 radical (unpaired) electrons. The van der Waals surface area contributed by atoms with Gasteiger partial charge < -0.3 is 14.4 Å². The average Bonchev–Trinajstić information content (AvgIpc) is 3.14. The summed E-state index contributed by atoms with van der Waals surface area (Å²) >= 11 is 5.91. The summed E-state index contributed by atoms with van der Waals surface area (Å²) in [7, 11) is 0. The largest absolute Gasteiger partial charge is 0.351 e. The molecular weight excluding hydrogens is 320 g/mol. The predicted molar refractivity (Wildman–Crippen MR) is 81.0 cm³/mol. The van der Waals surface area contributed by atoms with Crippen LogP contribution in [0.4, 0.5) is 0 Å². The van der Waals surface area contributed by atoms with Gasteiger partial charge in [0.2, 0.25) is 11.7 Å². The van der Waals surface area contributed by atoms with Gasteiger partial charge in [-0.15, -0.1) is 0 Å². The van der Waals surface area contributed by atoms with Gasteiger partial charge in [0, 0.05) is 18.0 Å². The summed E-state index contributed by atoms with van der Waals surface area (Å²) in [6, 6.07) is 7.97. The molecule has 1 atom stereocenters. The second-order valence-electron chi connectivity index (χ2n) is 4.96. The van der Waals surface area contributed by atoms with Crippen molar-refractivity contribution in [3.8, 4) is 0 Å². The van der Waals surface area contributed by atoms with Crippen molar-refractivity contribution in [3.63, 3.8) is 0 Å². The quantitative estimate of drug-likeness (QED) is 0.789. The number of aromatic nitrogens is 3. The van der Waals surface area contributed by atoms with Crippen molar-refractivity contribution in [2.24, 2.45) is 0 Å². The smallest absolute Gasteiger partial charge is 0.290 e. The third-order valence-electron chi connectivity index (χ3n) is 3.13. The summed E-state index contributed by atoms with van der Waals surface area (Å²) < 4.78 is 9.98. The summed E-state index contributed by atoms with van der Waals surface area (Å²) in [6.45, 7) is 3.41. The van der Waals surface area contributed by atoms with Crippen LogP contribution in [0.1, 0.15) is 39.6 Å². The van der Waals surface area contributed by atoms with E-state index in [9.17, 15) is 4.79 Å². The highest BCUT2D eigenvalue weighted by atomic mass is 35.5. The van der Waals surface area contributed by atoms with E-state index in [1.807, 2.05) is 0 Å². The lowest BCUT2D eigenvalue weighted by Gasteiger charge is -2.15. The summed E-state index contributed by atoms with van der Waals surface area (Å²) in [5.41, 5.74) is 1.38. The van der Waals surface area contributed by atoms with Crippen LogP contribution in [-0.2, 0) is 0 Å². The fraction of sp³-hybridized carbons (Fsp3) is 0.200. The number of benzene rings is 1. The molecule has 1 N–H and O–H groups in total. The van der Waals surface area contributed by atoms with Crippen LogP contribution in [0.2, 0.25) is 5.02 Å². The van der Waals surface area contributed by atoms with Gasteiger partial charge in [-0.3, -0.25) is 4.79 Å². The van der Waals surface area contributed by atoms with Crippen LogP contribution in [0.3, 0.4) is 0 Å². The number of carbonyl (C=O) groups is 1. The normalized spacial score (nSPS) is 12.1. The Kier molecular flexibility index (Phi) is 4.12. The second kappa shape index (κ2) is 6.21. The summed E-state index contributed by atoms with van der Waals surface area (Å²) in [5.74, 6) is 0.438. The highest BCUT2D eigenvalue weighted by Gasteiger charge is 2.24. The molecule has 23 heavy (non-hydrogen) atoms. The molecule has 0 aliphatic rings. The standard InChI is InChI=1S/C15H13ClN4O3/c1-8-7-12(23-19-8)15(21)18-13(14-17-9(2)22-20-14)10-3-5-11(16)6-4-10/h3-7,13H,1-2H3,(H,18,21). The van der Waals surface area contributed by atoms with Gasteiger partial charge >= 0.3 is 0 Å². The van der Waals surface area contributed by atoms with Gasteiger partial charge in [0.15, 0.2) is 5.82 Å². The molecule has 3 rings (SSSR count). The first-order valence-electron chi connectivity index (χ1n) is 6.83. The lowest BCUT2D eigenvalue weighted by molar-refractivity contribution is 0.0904. The predicted octanol–water partition coefficient (Wildman–Crippen LogP) is 2.85. The van der Waals surface area contributed by atoms with Gasteiger partial charge in [-0.05, 0) is 24.6 Å². The lowest BCUT2D eigenvalue weighted by Crippen LogP contribution is -2.29. The molecule has 1 amide bonds. The molecular formula is C15H13ClN4O3.